The molecule has 1 aromatic heterocycles. The van der Waals surface area contributed by atoms with Crippen LogP contribution in [0.3, 0.4) is 0 Å². The zero-order chi connectivity index (χ0) is 19.2. The number of amides is 1. The third-order valence-corrected chi connectivity index (χ3v) is 3.96. The molecule has 1 heterocycles. The monoisotopic (exact) mass is 382 g/mol. The topological polar surface area (TPSA) is 88.5 Å². The molecule has 0 aliphatic carbocycles. The molecular weight excluding hydrogens is 368 g/mol. The van der Waals surface area contributed by atoms with Crippen molar-refractivity contribution in [1.82, 2.24) is 4.98 Å². The Hall–Kier alpha value is -3.38. The van der Waals surface area contributed by atoms with Gasteiger partial charge in [0.15, 0.2) is 0 Å². The Morgan fingerprint density at radius 2 is 1.78 bits per heavy atom. The molecule has 136 valence electrons. The standard InChI is InChI=1S/C20H15ClN2O4/c21-18-10-16(19(24)25)17(11-22-18)14-6-8-15(9-7-14)23-20(26)27-12-13-4-2-1-3-5-13/h1-11H,12H2,(H,23,26)(H,24,25). The van der Waals surface area contributed by atoms with E-state index in [9.17, 15) is 14.7 Å². The lowest BCUT2D eigenvalue weighted by Gasteiger charge is -2.09. The van der Waals surface area contributed by atoms with Crippen LogP contribution in [-0.4, -0.2) is 22.2 Å². The quantitative estimate of drug-likeness (QED) is 0.616. The molecule has 0 unspecified atom stereocenters. The van der Waals surface area contributed by atoms with Gasteiger partial charge in [-0.2, -0.15) is 0 Å². The second-order valence-electron chi connectivity index (χ2n) is 5.62. The Morgan fingerprint density at radius 3 is 2.44 bits per heavy atom. The maximum Gasteiger partial charge on any atom is 0.411 e. The fourth-order valence-corrected chi connectivity index (χ4v) is 2.60. The van der Waals surface area contributed by atoms with Crippen LogP contribution in [0.25, 0.3) is 11.1 Å². The van der Waals surface area contributed by atoms with E-state index in [0.29, 0.717) is 16.8 Å². The predicted molar refractivity (Wildman–Crippen MR) is 102 cm³/mol. The molecule has 0 saturated heterocycles. The Kier molecular flexibility index (Phi) is 5.68. The van der Waals surface area contributed by atoms with Crippen LogP contribution in [0.2, 0.25) is 5.15 Å². The van der Waals surface area contributed by atoms with Gasteiger partial charge in [0, 0.05) is 17.4 Å². The number of carboxylic acids is 1. The molecule has 7 heteroatoms. The Bertz CT molecular complexity index is 959. The third kappa shape index (κ3) is 4.83. The molecule has 3 rings (SSSR count). The first-order valence-electron chi connectivity index (χ1n) is 8.00. The molecular formula is C20H15ClN2O4. The summed E-state index contributed by atoms with van der Waals surface area (Å²) in [5, 5.41) is 12.0. The highest BCUT2D eigenvalue weighted by atomic mass is 35.5. The minimum Gasteiger partial charge on any atom is -0.478 e. The van der Waals surface area contributed by atoms with Crippen LogP contribution in [0.4, 0.5) is 10.5 Å². The molecule has 1 amide bonds. The van der Waals surface area contributed by atoms with Crippen LogP contribution < -0.4 is 5.32 Å². The van der Waals surface area contributed by atoms with Crippen LogP contribution >= 0.6 is 11.6 Å². The van der Waals surface area contributed by atoms with Crippen molar-refractivity contribution < 1.29 is 19.4 Å². The highest BCUT2D eigenvalue weighted by molar-refractivity contribution is 6.29. The average Bonchev–Trinajstić information content (AvgIpc) is 2.68. The number of hydrogen-bond donors (Lipinski definition) is 2. The van der Waals surface area contributed by atoms with E-state index in [4.69, 9.17) is 16.3 Å². The zero-order valence-corrected chi connectivity index (χ0v) is 14.8. The lowest BCUT2D eigenvalue weighted by Crippen LogP contribution is -2.13. The molecule has 0 atom stereocenters. The second kappa shape index (κ2) is 8.33. The van der Waals surface area contributed by atoms with Gasteiger partial charge in [-0.05, 0) is 29.3 Å². The minimum absolute atomic E-state index is 0.0537. The first kappa shape index (κ1) is 18.4. The van der Waals surface area contributed by atoms with Gasteiger partial charge >= 0.3 is 12.1 Å². The summed E-state index contributed by atoms with van der Waals surface area (Å²) in [6.07, 6.45) is 0.827. The van der Waals surface area contributed by atoms with Crippen molar-refractivity contribution in [3.05, 3.63) is 83.1 Å². The van der Waals surface area contributed by atoms with Gasteiger partial charge in [-0.3, -0.25) is 5.32 Å². The van der Waals surface area contributed by atoms with Gasteiger partial charge in [-0.15, -0.1) is 0 Å². The van der Waals surface area contributed by atoms with Gasteiger partial charge in [0.05, 0.1) is 5.56 Å². The number of ether oxygens (including phenoxy) is 1. The summed E-state index contributed by atoms with van der Waals surface area (Å²) in [4.78, 5) is 27.2. The van der Waals surface area contributed by atoms with E-state index in [2.05, 4.69) is 10.3 Å². The molecule has 0 aliphatic heterocycles. The van der Waals surface area contributed by atoms with E-state index in [1.807, 2.05) is 30.3 Å². The Balaban J connectivity index is 1.67. The van der Waals surface area contributed by atoms with Crippen LogP contribution in [0.1, 0.15) is 15.9 Å². The summed E-state index contributed by atoms with van der Waals surface area (Å²) in [6, 6.07) is 17.3. The molecule has 0 fully saturated rings. The Labute approximate surface area is 160 Å². The van der Waals surface area contributed by atoms with Crippen molar-refractivity contribution >= 4 is 29.4 Å². The number of halogens is 1. The molecule has 0 aliphatic rings. The van der Waals surface area contributed by atoms with Gasteiger partial charge in [0.1, 0.15) is 11.8 Å². The molecule has 3 aromatic rings. The average molecular weight is 383 g/mol. The number of aromatic nitrogens is 1. The lowest BCUT2D eigenvalue weighted by atomic mass is 10.0. The van der Waals surface area contributed by atoms with Crippen molar-refractivity contribution in [1.29, 1.82) is 0 Å². The summed E-state index contributed by atoms with van der Waals surface area (Å²) < 4.78 is 5.16. The van der Waals surface area contributed by atoms with Gasteiger partial charge in [0.2, 0.25) is 0 Å². The normalized spacial score (nSPS) is 10.3. The molecule has 2 N–H and O–H groups in total. The summed E-state index contributed by atoms with van der Waals surface area (Å²) >= 11 is 5.77. The Morgan fingerprint density at radius 1 is 1.07 bits per heavy atom. The number of anilines is 1. The van der Waals surface area contributed by atoms with Gasteiger partial charge in [0.25, 0.3) is 0 Å². The van der Waals surface area contributed by atoms with E-state index in [-0.39, 0.29) is 17.3 Å². The maximum atomic E-state index is 11.9. The van der Waals surface area contributed by atoms with E-state index >= 15 is 0 Å². The van der Waals surface area contributed by atoms with Crippen molar-refractivity contribution in [2.45, 2.75) is 6.61 Å². The second-order valence-corrected chi connectivity index (χ2v) is 6.01. The number of carboxylic acid groups (broad SMARTS) is 1. The molecule has 27 heavy (non-hydrogen) atoms. The van der Waals surface area contributed by atoms with Gasteiger partial charge < -0.3 is 9.84 Å². The third-order valence-electron chi connectivity index (χ3n) is 3.76. The highest BCUT2D eigenvalue weighted by Crippen LogP contribution is 2.26. The molecule has 0 bridgehead atoms. The minimum atomic E-state index is -1.10. The van der Waals surface area contributed by atoms with E-state index in [0.717, 1.165) is 5.56 Å². The molecule has 6 nitrogen and oxygen atoms in total. The number of benzene rings is 2. The van der Waals surface area contributed by atoms with Gasteiger partial charge in [-0.25, -0.2) is 14.6 Å². The number of pyridine rings is 1. The molecule has 0 saturated carbocycles. The fourth-order valence-electron chi connectivity index (χ4n) is 2.45. The van der Waals surface area contributed by atoms with E-state index < -0.39 is 12.1 Å². The smallest absolute Gasteiger partial charge is 0.411 e. The number of rotatable bonds is 5. The van der Waals surface area contributed by atoms with E-state index in [1.165, 1.54) is 12.3 Å². The number of carbonyl (C=O) groups excluding carboxylic acids is 1. The van der Waals surface area contributed by atoms with Crippen molar-refractivity contribution in [2.75, 3.05) is 5.32 Å². The van der Waals surface area contributed by atoms with E-state index in [1.54, 1.807) is 24.3 Å². The van der Waals surface area contributed by atoms with Crippen LogP contribution in [0.15, 0.2) is 66.9 Å². The lowest BCUT2D eigenvalue weighted by molar-refractivity contribution is 0.0697. The largest absolute Gasteiger partial charge is 0.478 e. The summed E-state index contributed by atoms with van der Waals surface area (Å²) in [5.41, 5.74) is 2.54. The van der Waals surface area contributed by atoms with Crippen molar-refractivity contribution in [2.24, 2.45) is 0 Å². The fraction of sp³-hybridized carbons (Fsp3) is 0.0500. The van der Waals surface area contributed by atoms with Crippen LogP contribution in [-0.2, 0) is 11.3 Å². The van der Waals surface area contributed by atoms with Crippen molar-refractivity contribution in [3.63, 3.8) is 0 Å². The number of nitrogens with one attached hydrogen (secondary N) is 1. The maximum absolute atomic E-state index is 11.9. The molecule has 0 radical (unpaired) electrons. The number of aromatic carboxylic acids is 1. The summed E-state index contributed by atoms with van der Waals surface area (Å²) in [5.74, 6) is -1.10. The predicted octanol–water partition coefficient (Wildman–Crippen LogP) is 4.85. The van der Waals surface area contributed by atoms with Crippen molar-refractivity contribution in [3.8, 4) is 11.1 Å². The van der Waals surface area contributed by atoms with Gasteiger partial charge in [-0.1, -0.05) is 54.1 Å². The number of carbonyl (C=O) groups is 2. The summed E-state index contributed by atoms with van der Waals surface area (Å²) in [7, 11) is 0. The van der Waals surface area contributed by atoms with Crippen LogP contribution in [0, 0.1) is 0 Å². The first-order valence-corrected chi connectivity index (χ1v) is 8.38. The zero-order valence-electron chi connectivity index (χ0n) is 14.1. The summed E-state index contributed by atoms with van der Waals surface area (Å²) in [6.45, 7) is 0.170. The number of nitrogens with zero attached hydrogens (tertiary/aromatic N) is 1. The molecule has 0 spiro atoms. The SMILES string of the molecule is O=C(Nc1ccc(-c2cnc(Cl)cc2C(=O)O)cc1)OCc1ccccc1. The van der Waals surface area contributed by atoms with Crippen LogP contribution in [0.5, 0.6) is 0 Å². The molecule has 2 aromatic carbocycles. The first-order chi connectivity index (χ1) is 13.0. The highest BCUT2D eigenvalue weighted by Gasteiger charge is 2.13. The number of hydrogen-bond acceptors (Lipinski definition) is 4.